The van der Waals surface area contributed by atoms with Crippen molar-refractivity contribution >= 4 is 11.9 Å². The lowest BCUT2D eigenvalue weighted by molar-refractivity contribution is -0.137. The number of rotatable bonds is 3. The topological polar surface area (TPSA) is 17.1 Å². The maximum Gasteiger partial charge on any atom is 0.416 e. The molecule has 2 aromatic carbocycles. The van der Waals surface area contributed by atoms with Gasteiger partial charge in [0.15, 0.2) is 5.78 Å². The molecule has 2 aromatic rings. The molecule has 0 amide bonds. The Kier molecular flexibility index (Phi) is 4.26. The molecule has 21 heavy (non-hydrogen) atoms. The van der Waals surface area contributed by atoms with Crippen LogP contribution in [0.3, 0.4) is 0 Å². The van der Waals surface area contributed by atoms with E-state index >= 15 is 0 Å². The van der Waals surface area contributed by atoms with E-state index < -0.39 is 11.7 Å². The van der Waals surface area contributed by atoms with Crippen LogP contribution in [0.5, 0.6) is 0 Å². The van der Waals surface area contributed by atoms with E-state index in [1.807, 2.05) is 19.1 Å². The largest absolute Gasteiger partial charge is 0.416 e. The molecule has 0 saturated carbocycles. The Morgan fingerprint density at radius 1 is 1.05 bits per heavy atom. The number of benzene rings is 2. The maximum absolute atomic E-state index is 12.6. The lowest BCUT2D eigenvalue weighted by Crippen LogP contribution is -2.04. The number of carbonyl (C=O) groups excluding carboxylic acids is 1. The van der Waals surface area contributed by atoms with Gasteiger partial charge in [0.1, 0.15) is 0 Å². The summed E-state index contributed by atoms with van der Waals surface area (Å²) in [4.78, 5) is 11.9. The van der Waals surface area contributed by atoms with Gasteiger partial charge in [-0.15, -0.1) is 0 Å². The number of aryl methyl sites for hydroxylation is 1. The third kappa shape index (κ3) is 4.05. The van der Waals surface area contributed by atoms with Crippen LogP contribution in [0.15, 0.2) is 54.6 Å². The number of carbonyl (C=O) groups is 1. The van der Waals surface area contributed by atoms with Gasteiger partial charge in [-0.3, -0.25) is 4.79 Å². The first-order valence-corrected chi connectivity index (χ1v) is 6.32. The summed E-state index contributed by atoms with van der Waals surface area (Å²) in [6.07, 6.45) is -1.72. The first kappa shape index (κ1) is 15.0. The summed E-state index contributed by atoms with van der Waals surface area (Å²) in [7, 11) is 0. The van der Waals surface area contributed by atoms with E-state index in [1.165, 1.54) is 24.3 Å². The van der Waals surface area contributed by atoms with E-state index in [-0.39, 0.29) is 5.78 Å². The standard InChI is InChI=1S/C17H13F3O/c1-12-5-8-14(9-6-12)16(21)10-7-13-3-2-4-15(11-13)17(18,19)20/h2-11H,1H3. The monoisotopic (exact) mass is 290 g/mol. The van der Waals surface area contributed by atoms with Gasteiger partial charge < -0.3 is 0 Å². The van der Waals surface area contributed by atoms with Gasteiger partial charge in [0.2, 0.25) is 0 Å². The highest BCUT2D eigenvalue weighted by molar-refractivity contribution is 6.06. The zero-order valence-corrected chi connectivity index (χ0v) is 11.3. The molecular weight excluding hydrogens is 277 g/mol. The molecule has 0 aliphatic heterocycles. The molecule has 0 aliphatic rings. The molecule has 0 saturated heterocycles. The molecule has 0 aromatic heterocycles. The molecule has 0 radical (unpaired) electrons. The van der Waals surface area contributed by atoms with Crippen LogP contribution in [-0.2, 0) is 6.18 Å². The number of hydrogen-bond acceptors (Lipinski definition) is 1. The van der Waals surface area contributed by atoms with Crippen molar-refractivity contribution in [2.45, 2.75) is 13.1 Å². The van der Waals surface area contributed by atoms with Crippen molar-refractivity contribution < 1.29 is 18.0 Å². The second-order valence-corrected chi connectivity index (χ2v) is 4.69. The SMILES string of the molecule is Cc1ccc(C(=O)C=Cc2cccc(C(F)(F)F)c2)cc1. The Bertz CT molecular complexity index is 667. The van der Waals surface area contributed by atoms with Crippen molar-refractivity contribution in [1.82, 2.24) is 0 Å². The Morgan fingerprint density at radius 2 is 1.71 bits per heavy atom. The smallest absolute Gasteiger partial charge is 0.289 e. The van der Waals surface area contributed by atoms with Gasteiger partial charge in [-0.1, -0.05) is 48.0 Å². The molecule has 0 aliphatic carbocycles. The van der Waals surface area contributed by atoms with Crippen molar-refractivity contribution in [3.05, 3.63) is 76.9 Å². The molecule has 4 heteroatoms. The summed E-state index contributed by atoms with van der Waals surface area (Å²) in [5.41, 5.74) is 1.15. The molecule has 0 N–H and O–H groups in total. The molecule has 0 unspecified atom stereocenters. The second kappa shape index (κ2) is 5.95. The minimum atomic E-state index is -4.38. The van der Waals surface area contributed by atoms with Gasteiger partial charge >= 0.3 is 6.18 Å². The lowest BCUT2D eigenvalue weighted by Gasteiger charge is -2.06. The summed E-state index contributed by atoms with van der Waals surface area (Å²) in [5, 5.41) is 0. The third-order valence-corrected chi connectivity index (χ3v) is 2.98. The Balaban J connectivity index is 2.17. The van der Waals surface area contributed by atoms with E-state index in [9.17, 15) is 18.0 Å². The van der Waals surface area contributed by atoms with Gasteiger partial charge in [0, 0.05) is 5.56 Å². The van der Waals surface area contributed by atoms with Gasteiger partial charge in [0.05, 0.1) is 5.56 Å². The van der Waals surface area contributed by atoms with E-state index in [1.54, 1.807) is 12.1 Å². The highest BCUT2D eigenvalue weighted by atomic mass is 19.4. The average molecular weight is 290 g/mol. The zero-order valence-electron chi connectivity index (χ0n) is 11.3. The second-order valence-electron chi connectivity index (χ2n) is 4.69. The fraction of sp³-hybridized carbons (Fsp3) is 0.118. The van der Waals surface area contributed by atoms with Crippen LogP contribution >= 0.6 is 0 Å². The Labute approximate surface area is 120 Å². The predicted molar refractivity (Wildman–Crippen MR) is 76.0 cm³/mol. The summed E-state index contributed by atoms with van der Waals surface area (Å²) < 4.78 is 37.7. The van der Waals surface area contributed by atoms with Gasteiger partial charge in [-0.25, -0.2) is 0 Å². The molecular formula is C17H13F3O. The molecule has 0 atom stereocenters. The fourth-order valence-corrected chi connectivity index (χ4v) is 1.80. The van der Waals surface area contributed by atoms with Crippen molar-refractivity contribution in [2.75, 3.05) is 0 Å². The summed E-state index contributed by atoms with van der Waals surface area (Å²) in [5.74, 6) is -0.243. The van der Waals surface area contributed by atoms with E-state index in [2.05, 4.69) is 0 Å². The van der Waals surface area contributed by atoms with Crippen LogP contribution in [0, 0.1) is 6.92 Å². The van der Waals surface area contributed by atoms with Crippen molar-refractivity contribution in [3.63, 3.8) is 0 Å². The maximum atomic E-state index is 12.6. The van der Waals surface area contributed by atoms with Crippen LogP contribution in [0.2, 0.25) is 0 Å². The summed E-state index contributed by atoms with van der Waals surface area (Å²) >= 11 is 0. The fourth-order valence-electron chi connectivity index (χ4n) is 1.80. The number of allylic oxidation sites excluding steroid dienone is 1. The first-order chi connectivity index (χ1) is 9.86. The van der Waals surface area contributed by atoms with Gasteiger partial charge in [-0.2, -0.15) is 13.2 Å². The first-order valence-electron chi connectivity index (χ1n) is 6.32. The number of hydrogen-bond donors (Lipinski definition) is 0. The zero-order chi connectivity index (χ0) is 15.5. The van der Waals surface area contributed by atoms with Crippen molar-refractivity contribution in [1.29, 1.82) is 0 Å². The molecule has 0 fully saturated rings. The molecule has 2 rings (SSSR count). The predicted octanol–water partition coefficient (Wildman–Crippen LogP) is 4.91. The van der Waals surface area contributed by atoms with Crippen LogP contribution in [0.1, 0.15) is 27.0 Å². The summed E-state index contributed by atoms with van der Waals surface area (Å²) in [6.45, 7) is 1.91. The number of alkyl halides is 3. The molecule has 0 heterocycles. The lowest BCUT2D eigenvalue weighted by atomic mass is 10.1. The number of ketones is 1. The number of halogens is 3. The minimum absolute atomic E-state index is 0.243. The van der Waals surface area contributed by atoms with Crippen LogP contribution in [0.25, 0.3) is 6.08 Å². The van der Waals surface area contributed by atoms with Crippen LogP contribution in [-0.4, -0.2) is 5.78 Å². The van der Waals surface area contributed by atoms with Crippen molar-refractivity contribution in [2.24, 2.45) is 0 Å². The van der Waals surface area contributed by atoms with Gasteiger partial charge in [0.25, 0.3) is 0 Å². The van der Waals surface area contributed by atoms with E-state index in [0.717, 1.165) is 17.7 Å². The van der Waals surface area contributed by atoms with Gasteiger partial charge in [-0.05, 0) is 30.7 Å². The third-order valence-electron chi connectivity index (χ3n) is 2.98. The highest BCUT2D eigenvalue weighted by Gasteiger charge is 2.30. The molecule has 1 nitrogen and oxygen atoms in total. The van der Waals surface area contributed by atoms with Crippen LogP contribution < -0.4 is 0 Å². The van der Waals surface area contributed by atoms with Crippen molar-refractivity contribution in [3.8, 4) is 0 Å². The molecule has 0 bridgehead atoms. The Hall–Kier alpha value is -2.36. The molecule has 108 valence electrons. The average Bonchev–Trinajstić information content (AvgIpc) is 2.45. The minimum Gasteiger partial charge on any atom is -0.289 e. The normalized spacial score (nSPS) is 11.8. The van der Waals surface area contributed by atoms with E-state index in [0.29, 0.717) is 11.1 Å². The Morgan fingerprint density at radius 3 is 2.33 bits per heavy atom. The van der Waals surface area contributed by atoms with Crippen LogP contribution in [0.4, 0.5) is 13.2 Å². The molecule has 0 spiro atoms. The highest BCUT2D eigenvalue weighted by Crippen LogP contribution is 2.29. The van der Waals surface area contributed by atoms with E-state index in [4.69, 9.17) is 0 Å². The summed E-state index contributed by atoms with van der Waals surface area (Å²) in [6, 6.07) is 11.9. The quantitative estimate of drug-likeness (QED) is 0.580.